The Hall–Kier alpha value is -1.77. The fraction of sp³-hybridized carbons (Fsp3) is 0.500. The van der Waals surface area contributed by atoms with Crippen LogP contribution in [0.15, 0.2) is 30.3 Å². The van der Waals surface area contributed by atoms with Crippen molar-refractivity contribution in [2.75, 3.05) is 26.3 Å². The highest BCUT2D eigenvalue weighted by atomic mass is 31.2. The summed E-state index contributed by atoms with van der Waals surface area (Å²) in [5, 5.41) is 3.11. The average Bonchev–Trinajstić information content (AvgIpc) is 2.54. The highest BCUT2D eigenvalue weighted by molar-refractivity contribution is 7.45. The van der Waals surface area contributed by atoms with Gasteiger partial charge in [-0.3, -0.25) is 9.59 Å². The Morgan fingerprint density at radius 2 is 1.62 bits per heavy atom. The number of phosphoric acid groups is 1. The number of benzene rings is 1. The lowest BCUT2D eigenvalue weighted by Crippen LogP contribution is -2.30. The van der Waals surface area contributed by atoms with Crippen LogP contribution in [0.5, 0.6) is 0 Å². The normalized spacial score (nSPS) is 11.7. The summed E-state index contributed by atoms with van der Waals surface area (Å²) < 4.78 is 18.8. The van der Waals surface area contributed by atoms with E-state index in [1.807, 2.05) is 30.3 Å². The van der Waals surface area contributed by atoms with Gasteiger partial charge in [0.1, 0.15) is 0 Å². The molecule has 0 aromatic heterocycles. The number of carbonyl (C=O) groups is 2. The molecule has 0 saturated carbocycles. The standard InChI is InChI=1S/C16H23NO4.H3O4P/c1-3-20-15(18)10-11-17-12-14(16(19)21-4-2)13-8-6-5-7-9-13;1-5(2,3)4/h5-9,14,17H,3-4,10-12H2,1-2H3;(H3,1,2,3,4). The van der Waals surface area contributed by atoms with E-state index in [4.69, 9.17) is 28.7 Å². The van der Waals surface area contributed by atoms with Crippen molar-refractivity contribution in [3.8, 4) is 0 Å². The van der Waals surface area contributed by atoms with Crippen LogP contribution >= 0.6 is 7.82 Å². The minimum atomic E-state index is -4.64. The predicted octanol–water partition coefficient (Wildman–Crippen LogP) is 0.947. The Bertz CT molecular complexity index is 567. The molecule has 4 N–H and O–H groups in total. The van der Waals surface area contributed by atoms with E-state index in [1.165, 1.54) is 0 Å². The van der Waals surface area contributed by atoms with Gasteiger partial charge in [-0.1, -0.05) is 30.3 Å². The van der Waals surface area contributed by atoms with E-state index >= 15 is 0 Å². The minimum absolute atomic E-state index is 0.239. The molecule has 0 spiro atoms. The largest absolute Gasteiger partial charge is 0.466 e. The van der Waals surface area contributed by atoms with Crippen LogP contribution in [0.4, 0.5) is 0 Å². The number of rotatable bonds is 9. The van der Waals surface area contributed by atoms with E-state index < -0.39 is 7.82 Å². The van der Waals surface area contributed by atoms with Gasteiger partial charge in [0.25, 0.3) is 0 Å². The van der Waals surface area contributed by atoms with Crippen LogP contribution < -0.4 is 5.32 Å². The molecule has 1 aromatic rings. The molecule has 1 atom stereocenters. The SMILES string of the molecule is CCOC(=O)CCNCC(C(=O)OCC)c1ccccc1.O=P(O)(O)O. The van der Waals surface area contributed by atoms with Gasteiger partial charge >= 0.3 is 19.8 Å². The molecule has 0 aliphatic carbocycles. The van der Waals surface area contributed by atoms with Crippen molar-refractivity contribution >= 4 is 19.8 Å². The van der Waals surface area contributed by atoms with Crippen molar-refractivity contribution in [2.45, 2.75) is 26.2 Å². The molecule has 26 heavy (non-hydrogen) atoms. The highest BCUT2D eigenvalue weighted by Crippen LogP contribution is 2.25. The molecule has 0 heterocycles. The van der Waals surface area contributed by atoms with Gasteiger partial charge in [0.15, 0.2) is 0 Å². The van der Waals surface area contributed by atoms with Gasteiger partial charge in [-0.05, 0) is 19.4 Å². The smallest absolute Gasteiger partial charge is 0.466 e. The van der Waals surface area contributed by atoms with E-state index in [-0.39, 0.29) is 24.3 Å². The third-order valence-corrected chi connectivity index (χ3v) is 2.93. The summed E-state index contributed by atoms with van der Waals surface area (Å²) in [5.74, 6) is -0.863. The van der Waals surface area contributed by atoms with E-state index in [0.717, 1.165) is 5.56 Å². The predicted molar refractivity (Wildman–Crippen MR) is 94.2 cm³/mol. The van der Waals surface area contributed by atoms with Crippen molar-refractivity contribution in [1.82, 2.24) is 5.32 Å². The average molecular weight is 391 g/mol. The fourth-order valence-electron chi connectivity index (χ4n) is 1.94. The molecule has 0 aliphatic rings. The van der Waals surface area contributed by atoms with Gasteiger partial charge in [0.2, 0.25) is 0 Å². The van der Waals surface area contributed by atoms with Gasteiger partial charge in [0, 0.05) is 13.1 Å². The van der Waals surface area contributed by atoms with Crippen LogP contribution in [0.25, 0.3) is 0 Å². The zero-order valence-corrected chi connectivity index (χ0v) is 15.7. The van der Waals surface area contributed by atoms with Gasteiger partial charge in [-0.25, -0.2) is 4.57 Å². The molecule has 1 rings (SSSR count). The maximum Gasteiger partial charge on any atom is 0.466 e. The molecule has 0 radical (unpaired) electrons. The summed E-state index contributed by atoms with van der Waals surface area (Å²) in [5.41, 5.74) is 0.902. The van der Waals surface area contributed by atoms with Crippen LogP contribution in [-0.2, 0) is 23.6 Å². The van der Waals surface area contributed by atoms with Gasteiger partial charge in [0.05, 0.1) is 25.6 Å². The van der Waals surface area contributed by atoms with Crippen LogP contribution in [0, 0.1) is 0 Å². The van der Waals surface area contributed by atoms with Crippen LogP contribution in [-0.4, -0.2) is 52.9 Å². The van der Waals surface area contributed by atoms with E-state index in [2.05, 4.69) is 5.32 Å². The number of esters is 2. The Balaban J connectivity index is 0.00000110. The van der Waals surface area contributed by atoms with Crippen LogP contribution in [0.1, 0.15) is 31.7 Å². The maximum absolute atomic E-state index is 12.0. The van der Waals surface area contributed by atoms with Crippen LogP contribution in [0.2, 0.25) is 0 Å². The fourth-order valence-corrected chi connectivity index (χ4v) is 1.94. The molecule has 0 fully saturated rings. The number of ether oxygens (including phenoxy) is 2. The summed E-state index contributed by atoms with van der Waals surface area (Å²) in [6.45, 7) is 5.20. The lowest BCUT2D eigenvalue weighted by atomic mass is 9.99. The summed E-state index contributed by atoms with van der Waals surface area (Å²) in [6, 6.07) is 9.48. The van der Waals surface area contributed by atoms with Crippen molar-refractivity contribution in [1.29, 1.82) is 0 Å². The third kappa shape index (κ3) is 13.5. The zero-order valence-electron chi connectivity index (χ0n) is 14.8. The number of hydrogen-bond acceptors (Lipinski definition) is 6. The molecule has 9 nitrogen and oxygen atoms in total. The van der Waals surface area contributed by atoms with Gasteiger partial charge < -0.3 is 29.5 Å². The molecule has 1 aromatic carbocycles. The number of nitrogens with one attached hydrogen (secondary N) is 1. The quantitative estimate of drug-likeness (QED) is 0.275. The first-order valence-corrected chi connectivity index (χ1v) is 9.61. The Morgan fingerprint density at radius 1 is 1.08 bits per heavy atom. The van der Waals surface area contributed by atoms with Crippen molar-refractivity contribution in [2.24, 2.45) is 0 Å². The summed E-state index contributed by atoms with van der Waals surface area (Å²) >= 11 is 0. The molecule has 0 saturated heterocycles. The molecule has 10 heteroatoms. The molecule has 0 bridgehead atoms. The first-order valence-electron chi connectivity index (χ1n) is 8.05. The second kappa shape index (κ2) is 13.4. The van der Waals surface area contributed by atoms with E-state index in [1.54, 1.807) is 13.8 Å². The monoisotopic (exact) mass is 391 g/mol. The molecule has 1 unspecified atom stereocenters. The Morgan fingerprint density at radius 3 is 2.12 bits per heavy atom. The second-order valence-corrected chi connectivity index (χ2v) is 6.01. The number of hydrogen-bond donors (Lipinski definition) is 4. The third-order valence-electron chi connectivity index (χ3n) is 2.93. The number of carbonyl (C=O) groups excluding carboxylic acids is 2. The summed E-state index contributed by atoms with van der Waals surface area (Å²) in [4.78, 5) is 44.8. The molecule has 0 aliphatic heterocycles. The Kier molecular flexibility index (Phi) is 12.5. The topological polar surface area (TPSA) is 142 Å². The molecule has 148 valence electrons. The summed E-state index contributed by atoms with van der Waals surface area (Å²) in [6.07, 6.45) is 0.290. The first kappa shape index (κ1) is 24.2. The Labute approximate surface area is 152 Å². The van der Waals surface area contributed by atoms with Gasteiger partial charge in [-0.2, -0.15) is 0 Å². The lowest BCUT2D eigenvalue weighted by molar-refractivity contribution is -0.144. The van der Waals surface area contributed by atoms with Crippen LogP contribution in [0.3, 0.4) is 0 Å². The van der Waals surface area contributed by atoms with E-state index in [9.17, 15) is 9.59 Å². The maximum atomic E-state index is 12.0. The molecular weight excluding hydrogens is 365 g/mol. The first-order chi connectivity index (χ1) is 12.2. The minimum Gasteiger partial charge on any atom is -0.466 e. The highest BCUT2D eigenvalue weighted by Gasteiger charge is 2.21. The van der Waals surface area contributed by atoms with Gasteiger partial charge in [-0.15, -0.1) is 0 Å². The second-order valence-electron chi connectivity index (χ2n) is 4.99. The van der Waals surface area contributed by atoms with Crippen molar-refractivity contribution < 1.29 is 38.3 Å². The molecule has 0 amide bonds. The summed E-state index contributed by atoms with van der Waals surface area (Å²) in [7, 11) is -4.64. The van der Waals surface area contributed by atoms with Crippen molar-refractivity contribution in [3.63, 3.8) is 0 Å². The zero-order chi connectivity index (χ0) is 20.0. The lowest BCUT2D eigenvalue weighted by Gasteiger charge is -2.16. The molecular formula is C16H26NO8P. The van der Waals surface area contributed by atoms with E-state index in [0.29, 0.717) is 26.3 Å². The van der Waals surface area contributed by atoms with Crippen molar-refractivity contribution in [3.05, 3.63) is 35.9 Å².